The number of allylic oxidation sites excluding steroid dienone is 2. The maximum Gasteiger partial charge on any atom is 0.264 e. The average molecular weight is 725 g/mol. The maximum atomic E-state index is 13.8. The van der Waals surface area contributed by atoms with Crippen LogP contribution >= 0.6 is 11.6 Å². The summed E-state index contributed by atoms with van der Waals surface area (Å²) in [5.74, 6) is 0.181. The molecule has 2 fully saturated rings. The van der Waals surface area contributed by atoms with Gasteiger partial charge in [0.25, 0.3) is 5.91 Å². The molecule has 0 radical (unpaired) electrons. The highest BCUT2D eigenvalue weighted by atomic mass is 35.5. The van der Waals surface area contributed by atoms with Crippen molar-refractivity contribution in [3.05, 3.63) is 82.9 Å². The number of carbonyl (C=O) groups is 1. The number of hydrogen-bond donors (Lipinski definition) is 2. The molecular formula is C40H53ClN2O6S. The van der Waals surface area contributed by atoms with Gasteiger partial charge in [0.2, 0.25) is 10.0 Å². The van der Waals surface area contributed by atoms with Gasteiger partial charge >= 0.3 is 0 Å². The van der Waals surface area contributed by atoms with Crippen LogP contribution in [0.15, 0.2) is 61.2 Å². The van der Waals surface area contributed by atoms with E-state index in [0.29, 0.717) is 44.9 Å². The molecule has 4 aliphatic rings. The number of sulfonamides is 1. The summed E-state index contributed by atoms with van der Waals surface area (Å²) in [4.78, 5) is 16.1. The Balaban J connectivity index is 1.30. The predicted octanol–water partition coefficient (Wildman–Crippen LogP) is 7.38. The first kappa shape index (κ1) is 36.9. The Kier molecular flexibility index (Phi) is 11.7. The number of carbonyl (C=O) groups excluding carboxylic acids is 1. The molecule has 1 amide bonds. The zero-order chi connectivity index (χ0) is 35.5. The number of aliphatic hydroxyl groups is 1. The smallest absolute Gasteiger partial charge is 0.264 e. The highest BCUT2D eigenvalue weighted by Crippen LogP contribution is 2.46. The van der Waals surface area contributed by atoms with Gasteiger partial charge in [0, 0.05) is 35.7 Å². The number of nitrogens with one attached hydrogen (secondary N) is 1. The fourth-order valence-electron chi connectivity index (χ4n) is 8.43. The van der Waals surface area contributed by atoms with Crippen molar-refractivity contribution in [2.75, 3.05) is 31.2 Å². The summed E-state index contributed by atoms with van der Waals surface area (Å²) in [7, 11) is -4.02. The van der Waals surface area contributed by atoms with Crippen molar-refractivity contribution in [2.24, 2.45) is 17.8 Å². The number of benzene rings is 2. The average Bonchev–Trinajstić information content (AvgIpc) is 3.19. The van der Waals surface area contributed by atoms with Crippen molar-refractivity contribution >= 4 is 33.2 Å². The lowest BCUT2D eigenvalue weighted by Crippen LogP contribution is -2.49. The predicted molar refractivity (Wildman–Crippen MR) is 200 cm³/mol. The summed E-state index contributed by atoms with van der Waals surface area (Å²) in [6, 6.07) is 11.4. The van der Waals surface area contributed by atoms with E-state index in [0.717, 1.165) is 62.1 Å². The number of aliphatic hydroxyl groups excluding tert-OH is 1. The second-order valence-corrected chi connectivity index (χ2v) is 17.4. The molecule has 0 aromatic heterocycles. The topological polar surface area (TPSA) is 105 Å². The van der Waals surface area contributed by atoms with Gasteiger partial charge in [0.1, 0.15) is 5.75 Å². The zero-order valence-corrected chi connectivity index (χ0v) is 31.1. The zero-order valence-electron chi connectivity index (χ0n) is 29.5. The lowest BCUT2D eigenvalue weighted by molar-refractivity contribution is -0.0563. The third-order valence-electron chi connectivity index (χ3n) is 11.6. The summed E-state index contributed by atoms with van der Waals surface area (Å²) in [6.45, 7) is 10.3. The van der Waals surface area contributed by atoms with E-state index in [1.807, 2.05) is 19.1 Å². The Bertz CT molecular complexity index is 1680. The first-order valence-corrected chi connectivity index (χ1v) is 20.4. The number of rotatable bonds is 14. The van der Waals surface area contributed by atoms with Crippen molar-refractivity contribution in [2.45, 2.75) is 101 Å². The molecule has 272 valence electrons. The van der Waals surface area contributed by atoms with Crippen LogP contribution in [0.4, 0.5) is 5.69 Å². The third kappa shape index (κ3) is 7.96. The number of aryl methyl sites for hydroxylation is 1. The lowest BCUT2D eigenvalue weighted by atomic mass is 9.68. The summed E-state index contributed by atoms with van der Waals surface area (Å²) in [5, 5.41) is 11.0. The highest BCUT2D eigenvalue weighted by molar-refractivity contribution is 7.90. The van der Waals surface area contributed by atoms with Crippen LogP contribution in [0.25, 0.3) is 0 Å². The lowest BCUT2D eigenvalue weighted by Gasteiger charge is -2.45. The van der Waals surface area contributed by atoms with Crippen LogP contribution in [-0.2, 0) is 26.6 Å². The Morgan fingerprint density at radius 1 is 1.22 bits per heavy atom. The van der Waals surface area contributed by atoms with Crippen LogP contribution in [0.1, 0.15) is 93.1 Å². The van der Waals surface area contributed by atoms with Gasteiger partial charge in [0.15, 0.2) is 0 Å². The third-order valence-corrected chi connectivity index (χ3v) is 13.7. The van der Waals surface area contributed by atoms with Gasteiger partial charge in [-0.15, -0.1) is 6.58 Å². The Hall–Kier alpha value is -2.85. The van der Waals surface area contributed by atoms with Crippen LogP contribution in [-0.4, -0.2) is 63.2 Å². The molecule has 2 aliphatic heterocycles. The maximum absolute atomic E-state index is 13.8. The van der Waals surface area contributed by atoms with Gasteiger partial charge in [-0.25, -0.2) is 13.1 Å². The van der Waals surface area contributed by atoms with Crippen molar-refractivity contribution in [3.63, 3.8) is 0 Å². The minimum atomic E-state index is -4.02. The quantitative estimate of drug-likeness (QED) is 0.196. The van der Waals surface area contributed by atoms with Crippen molar-refractivity contribution < 1.29 is 27.8 Å². The van der Waals surface area contributed by atoms with Crippen LogP contribution in [0.5, 0.6) is 5.75 Å². The first-order valence-electron chi connectivity index (χ1n) is 18.5. The van der Waals surface area contributed by atoms with E-state index in [4.69, 9.17) is 21.1 Å². The minimum Gasteiger partial charge on any atom is -0.490 e. The Morgan fingerprint density at radius 3 is 2.74 bits per heavy atom. The second-order valence-electron chi connectivity index (χ2n) is 15.0. The van der Waals surface area contributed by atoms with E-state index in [2.05, 4.69) is 41.3 Å². The molecule has 2 aromatic rings. The van der Waals surface area contributed by atoms with Gasteiger partial charge in [-0.3, -0.25) is 4.79 Å². The molecule has 2 aromatic carbocycles. The summed E-state index contributed by atoms with van der Waals surface area (Å²) in [5.41, 5.74) is 3.23. The molecular weight excluding hydrogens is 672 g/mol. The molecule has 10 heteroatoms. The number of fused-ring (bicyclic) bond motifs is 3. The molecule has 7 atom stereocenters. The molecule has 0 unspecified atom stereocenters. The molecule has 50 heavy (non-hydrogen) atoms. The molecule has 1 saturated heterocycles. The number of amides is 1. The standard InChI is InChI=1S/C40H53ClN2O6S/c1-4-6-7-11-36(44)33-15-12-30(33)24-43-25-40(19-8-10-28-21-31(41)14-16-34(28)40)26-49-37-17-13-29(22-35(37)43)39(45)42-50(46,47)38(27(3)9-5-2)23-32-18-20-48-32/h5,7,11,13-14,16-17,21-22,27,30,32-33,36,38,44H,2,4,6,8-10,12,15,18-20,23-26H2,1,3H3,(H,42,45)/b11-7+/t27-,30+,32+,33-,36+,38-,40+/m1/s1. The summed E-state index contributed by atoms with van der Waals surface area (Å²) >= 11 is 6.44. The molecule has 1 spiro atoms. The van der Waals surface area contributed by atoms with Crippen molar-refractivity contribution in [1.82, 2.24) is 4.72 Å². The first-order chi connectivity index (χ1) is 24.0. The van der Waals surface area contributed by atoms with Crippen molar-refractivity contribution in [3.8, 4) is 5.75 Å². The second kappa shape index (κ2) is 15.8. The number of ether oxygens (including phenoxy) is 2. The van der Waals surface area contributed by atoms with Gasteiger partial charge in [-0.1, -0.05) is 56.2 Å². The molecule has 8 nitrogen and oxygen atoms in total. The fraction of sp³-hybridized carbons (Fsp3) is 0.575. The van der Waals surface area contributed by atoms with Crippen LogP contribution in [0, 0.1) is 17.8 Å². The van der Waals surface area contributed by atoms with E-state index >= 15 is 0 Å². The van der Waals surface area contributed by atoms with E-state index in [-0.39, 0.29) is 34.8 Å². The number of anilines is 1. The number of unbranched alkanes of at least 4 members (excludes halogenated alkanes) is 1. The fourth-order valence-corrected chi connectivity index (χ4v) is 10.3. The monoisotopic (exact) mass is 724 g/mol. The molecule has 1 saturated carbocycles. The molecule has 0 bridgehead atoms. The normalized spacial score (nSPS) is 26.4. The molecule has 2 aliphatic carbocycles. The van der Waals surface area contributed by atoms with E-state index in [1.54, 1.807) is 24.3 Å². The summed E-state index contributed by atoms with van der Waals surface area (Å²) < 4.78 is 42.1. The van der Waals surface area contributed by atoms with E-state index in [9.17, 15) is 18.3 Å². The molecule has 2 heterocycles. The summed E-state index contributed by atoms with van der Waals surface area (Å²) in [6.07, 6.45) is 13.7. The van der Waals surface area contributed by atoms with Crippen LogP contribution < -0.4 is 14.4 Å². The van der Waals surface area contributed by atoms with Gasteiger partial charge in [-0.2, -0.15) is 0 Å². The van der Waals surface area contributed by atoms with Crippen LogP contribution in [0.3, 0.4) is 0 Å². The Morgan fingerprint density at radius 2 is 2.04 bits per heavy atom. The van der Waals surface area contributed by atoms with Crippen LogP contribution in [0.2, 0.25) is 5.02 Å². The highest BCUT2D eigenvalue weighted by Gasteiger charge is 2.44. The van der Waals surface area contributed by atoms with Gasteiger partial charge < -0.3 is 19.5 Å². The Labute approximate surface area is 303 Å². The SMILES string of the molecule is C=CC[C@@H](C)[C@@H](C[C@@H]1CCO1)S(=O)(=O)NC(=O)c1ccc2c(c1)N(C[C@@H]1CC[C@H]1[C@@H](O)/C=C/CCC)C[C@@]1(CCCc3cc(Cl)ccc31)CO2. The van der Waals surface area contributed by atoms with Gasteiger partial charge in [0.05, 0.1) is 29.8 Å². The minimum absolute atomic E-state index is 0.124. The molecule has 6 rings (SSSR count). The number of hydrogen-bond acceptors (Lipinski definition) is 7. The number of halogens is 1. The van der Waals surface area contributed by atoms with Crippen molar-refractivity contribution in [1.29, 1.82) is 0 Å². The molecule has 2 N–H and O–H groups in total. The van der Waals surface area contributed by atoms with E-state index < -0.39 is 27.3 Å². The largest absolute Gasteiger partial charge is 0.490 e. The van der Waals surface area contributed by atoms with E-state index in [1.165, 1.54) is 11.1 Å². The number of nitrogens with zero attached hydrogens (tertiary/aromatic N) is 1. The van der Waals surface area contributed by atoms with Gasteiger partial charge in [-0.05, 0) is 117 Å².